The molecule has 13 heavy (non-hydrogen) atoms. The predicted octanol–water partition coefficient (Wildman–Crippen LogP) is 3.23. The zero-order chi connectivity index (χ0) is 10.5. The number of carbonyl (C=O) groups is 1. The summed E-state index contributed by atoms with van der Waals surface area (Å²) in [7, 11) is 0. The van der Waals surface area contributed by atoms with Gasteiger partial charge >= 0.3 is 5.97 Å². The average Bonchev–Trinajstić information content (AvgIpc) is 1.94. The monoisotopic (exact) mass is 184 g/mol. The van der Waals surface area contributed by atoms with E-state index in [1.165, 1.54) is 0 Å². The number of hydrogen-bond acceptors (Lipinski definition) is 1. The lowest BCUT2D eigenvalue weighted by Gasteiger charge is -2.19. The van der Waals surface area contributed by atoms with Gasteiger partial charge in [0.05, 0.1) is 0 Å². The summed E-state index contributed by atoms with van der Waals surface area (Å²) < 4.78 is 0. The highest BCUT2D eigenvalue weighted by molar-refractivity contribution is 5.87. The van der Waals surface area contributed by atoms with Crippen molar-refractivity contribution in [3.63, 3.8) is 0 Å². The molecule has 0 aromatic carbocycles. The molecule has 0 aromatic rings. The minimum Gasteiger partial charge on any atom is -0.478 e. The third-order valence-corrected chi connectivity index (χ3v) is 1.94. The minimum absolute atomic E-state index is 0.250. The highest BCUT2D eigenvalue weighted by atomic mass is 16.4. The van der Waals surface area contributed by atoms with E-state index in [1.807, 2.05) is 26.8 Å². The first-order valence-electron chi connectivity index (χ1n) is 4.83. The van der Waals surface area contributed by atoms with Crippen LogP contribution in [0.1, 0.15) is 47.0 Å². The molecule has 0 unspecified atom stereocenters. The summed E-state index contributed by atoms with van der Waals surface area (Å²) >= 11 is 0. The molecule has 0 bridgehead atoms. The van der Waals surface area contributed by atoms with Crippen molar-refractivity contribution in [1.82, 2.24) is 0 Å². The molecule has 0 spiro atoms. The molecule has 0 fully saturated rings. The molecule has 0 aliphatic rings. The van der Waals surface area contributed by atoms with Crippen molar-refractivity contribution >= 4 is 5.97 Å². The van der Waals surface area contributed by atoms with Gasteiger partial charge in [0.25, 0.3) is 0 Å². The van der Waals surface area contributed by atoms with Gasteiger partial charge in [-0.3, -0.25) is 0 Å². The average molecular weight is 184 g/mol. The topological polar surface area (TPSA) is 37.3 Å². The van der Waals surface area contributed by atoms with E-state index in [-0.39, 0.29) is 5.41 Å². The van der Waals surface area contributed by atoms with Crippen LogP contribution in [0, 0.1) is 5.41 Å². The quantitative estimate of drug-likeness (QED) is 0.538. The Bertz CT molecular complexity index is 197. The van der Waals surface area contributed by atoms with Crippen LogP contribution in [-0.4, -0.2) is 11.1 Å². The van der Waals surface area contributed by atoms with Gasteiger partial charge in [-0.15, -0.1) is 0 Å². The van der Waals surface area contributed by atoms with Crippen molar-refractivity contribution in [1.29, 1.82) is 0 Å². The van der Waals surface area contributed by atoms with Crippen molar-refractivity contribution in [2.24, 2.45) is 5.41 Å². The second-order valence-electron chi connectivity index (χ2n) is 4.32. The van der Waals surface area contributed by atoms with E-state index in [0.717, 1.165) is 19.3 Å². The number of allylic oxidation sites excluding steroid dienone is 1. The standard InChI is InChI=1S/C11H20O2/c1-5-6-7-8-9(10(12)13)11(2,3)4/h8H,5-7H2,1-4H3,(H,12,13)/b9-8-. The zero-order valence-corrected chi connectivity index (χ0v) is 9.05. The van der Waals surface area contributed by atoms with Gasteiger partial charge in [0.2, 0.25) is 0 Å². The van der Waals surface area contributed by atoms with E-state index in [9.17, 15) is 4.79 Å². The molecule has 0 aliphatic carbocycles. The molecule has 0 aromatic heterocycles. The summed E-state index contributed by atoms with van der Waals surface area (Å²) in [5.41, 5.74) is 0.278. The van der Waals surface area contributed by atoms with E-state index >= 15 is 0 Å². The van der Waals surface area contributed by atoms with Gasteiger partial charge in [0.15, 0.2) is 0 Å². The van der Waals surface area contributed by atoms with E-state index in [0.29, 0.717) is 5.57 Å². The van der Waals surface area contributed by atoms with Crippen molar-refractivity contribution in [2.45, 2.75) is 47.0 Å². The number of carboxylic acids is 1. The SMILES string of the molecule is CCCC/C=C(/C(=O)O)C(C)(C)C. The van der Waals surface area contributed by atoms with Gasteiger partial charge in [-0.25, -0.2) is 4.79 Å². The van der Waals surface area contributed by atoms with Crippen LogP contribution in [0.2, 0.25) is 0 Å². The molecule has 1 N–H and O–H groups in total. The number of carboxylic acid groups (broad SMARTS) is 1. The largest absolute Gasteiger partial charge is 0.478 e. The van der Waals surface area contributed by atoms with Crippen molar-refractivity contribution in [3.05, 3.63) is 11.6 Å². The fourth-order valence-electron chi connectivity index (χ4n) is 1.16. The van der Waals surface area contributed by atoms with E-state index in [1.54, 1.807) is 0 Å². The van der Waals surface area contributed by atoms with Crippen molar-refractivity contribution < 1.29 is 9.90 Å². The maximum atomic E-state index is 10.9. The Morgan fingerprint density at radius 1 is 1.38 bits per heavy atom. The van der Waals surface area contributed by atoms with Crippen LogP contribution in [0.3, 0.4) is 0 Å². The summed E-state index contributed by atoms with van der Waals surface area (Å²) in [4.78, 5) is 10.9. The molecule has 0 amide bonds. The summed E-state index contributed by atoms with van der Waals surface area (Å²) in [6.45, 7) is 7.89. The molecule has 0 radical (unpaired) electrons. The second kappa shape index (κ2) is 5.05. The highest BCUT2D eigenvalue weighted by Crippen LogP contribution is 2.25. The molecular formula is C11H20O2. The maximum absolute atomic E-state index is 10.9. The Morgan fingerprint density at radius 3 is 2.23 bits per heavy atom. The Kier molecular flexibility index (Phi) is 4.74. The van der Waals surface area contributed by atoms with E-state index < -0.39 is 5.97 Å². The molecule has 2 nitrogen and oxygen atoms in total. The second-order valence-corrected chi connectivity index (χ2v) is 4.32. The predicted molar refractivity (Wildman–Crippen MR) is 54.7 cm³/mol. The Hall–Kier alpha value is -0.790. The Labute approximate surface area is 80.7 Å². The Morgan fingerprint density at radius 2 is 1.92 bits per heavy atom. The summed E-state index contributed by atoms with van der Waals surface area (Å²) in [6, 6.07) is 0. The first kappa shape index (κ1) is 12.2. The summed E-state index contributed by atoms with van der Waals surface area (Å²) in [5.74, 6) is -0.788. The van der Waals surface area contributed by atoms with Gasteiger partial charge in [0, 0.05) is 5.57 Å². The first-order valence-corrected chi connectivity index (χ1v) is 4.83. The molecule has 76 valence electrons. The molecule has 0 heterocycles. The molecule has 0 atom stereocenters. The lowest BCUT2D eigenvalue weighted by Crippen LogP contribution is -2.17. The van der Waals surface area contributed by atoms with Crippen LogP contribution >= 0.6 is 0 Å². The smallest absolute Gasteiger partial charge is 0.331 e. The third kappa shape index (κ3) is 4.71. The molecular weight excluding hydrogens is 164 g/mol. The van der Waals surface area contributed by atoms with Crippen molar-refractivity contribution in [2.75, 3.05) is 0 Å². The van der Waals surface area contributed by atoms with Crippen LogP contribution < -0.4 is 0 Å². The summed E-state index contributed by atoms with van der Waals surface area (Å²) in [5, 5.41) is 8.94. The Balaban J connectivity index is 4.43. The number of rotatable bonds is 4. The van der Waals surface area contributed by atoms with Gasteiger partial charge in [0.1, 0.15) is 0 Å². The fourth-order valence-corrected chi connectivity index (χ4v) is 1.16. The van der Waals surface area contributed by atoms with Crippen LogP contribution in [-0.2, 0) is 4.79 Å². The number of hydrogen-bond donors (Lipinski definition) is 1. The van der Waals surface area contributed by atoms with Gasteiger partial charge in [-0.05, 0) is 11.8 Å². The molecule has 0 rings (SSSR count). The van der Waals surface area contributed by atoms with E-state index in [2.05, 4.69) is 6.92 Å². The normalized spacial score (nSPS) is 13.1. The first-order chi connectivity index (χ1) is 5.89. The van der Waals surface area contributed by atoms with Gasteiger partial charge < -0.3 is 5.11 Å². The maximum Gasteiger partial charge on any atom is 0.331 e. The van der Waals surface area contributed by atoms with Crippen molar-refractivity contribution in [3.8, 4) is 0 Å². The number of aliphatic carboxylic acids is 1. The summed E-state index contributed by atoms with van der Waals surface area (Å²) in [6.07, 6.45) is 4.89. The van der Waals surface area contributed by atoms with Gasteiger partial charge in [-0.1, -0.05) is 46.6 Å². The lowest BCUT2D eigenvalue weighted by molar-refractivity contribution is -0.133. The van der Waals surface area contributed by atoms with Crippen LogP contribution in [0.25, 0.3) is 0 Å². The van der Waals surface area contributed by atoms with Crippen LogP contribution in [0.4, 0.5) is 0 Å². The van der Waals surface area contributed by atoms with Gasteiger partial charge in [-0.2, -0.15) is 0 Å². The highest BCUT2D eigenvalue weighted by Gasteiger charge is 2.22. The molecule has 0 saturated heterocycles. The molecule has 0 aliphatic heterocycles. The number of unbranched alkanes of at least 4 members (excludes halogenated alkanes) is 2. The van der Waals surface area contributed by atoms with Crippen LogP contribution in [0.5, 0.6) is 0 Å². The minimum atomic E-state index is -0.788. The lowest BCUT2D eigenvalue weighted by atomic mass is 9.85. The zero-order valence-electron chi connectivity index (χ0n) is 9.05. The third-order valence-electron chi connectivity index (χ3n) is 1.94. The van der Waals surface area contributed by atoms with Crippen LogP contribution in [0.15, 0.2) is 11.6 Å². The fraction of sp³-hybridized carbons (Fsp3) is 0.727. The molecule has 0 saturated carbocycles. The van der Waals surface area contributed by atoms with E-state index in [4.69, 9.17) is 5.11 Å². The molecule has 2 heteroatoms.